The highest BCUT2D eigenvalue weighted by molar-refractivity contribution is 5.84. The van der Waals surface area contributed by atoms with Gasteiger partial charge in [0.25, 0.3) is 5.69 Å². The molecule has 0 atom stereocenters. The van der Waals surface area contributed by atoms with Gasteiger partial charge in [-0.05, 0) is 34.0 Å². The van der Waals surface area contributed by atoms with Gasteiger partial charge in [0, 0.05) is 12.1 Å². The number of rotatable bonds is 5. The van der Waals surface area contributed by atoms with Crippen LogP contribution in [0.3, 0.4) is 0 Å². The molecule has 5 nitrogen and oxygen atoms in total. The number of ether oxygens (including phenoxy) is 1. The fourth-order valence-electron chi connectivity index (χ4n) is 2.44. The Bertz CT molecular complexity index is 887. The van der Waals surface area contributed by atoms with Crippen molar-refractivity contribution >= 4 is 22.4 Å². The predicted molar refractivity (Wildman–Crippen MR) is 90.5 cm³/mol. The second kappa shape index (κ2) is 6.91. The van der Waals surface area contributed by atoms with Crippen molar-refractivity contribution in [1.82, 2.24) is 0 Å². The first-order valence-corrected chi connectivity index (χ1v) is 7.48. The average Bonchev–Trinajstić information content (AvgIpc) is 2.60. The molecule has 24 heavy (non-hydrogen) atoms. The minimum absolute atomic E-state index is 0.0150. The number of nitrogens with zero attached hydrogens (tertiary/aromatic N) is 1. The number of hydrogen-bond donors (Lipinski definition) is 0. The molecule has 0 N–H and O–H groups in total. The van der Waals surface area contributed by atoms with E-state index in [0.29, 0.717) is 5.56 Å². The highest BCUT2D eigenvalue weighted by atomic mass is 16.6. The number of nitro groups is 1. The largest absolute Gasteiger partial charge is 0.461 e. The van der Waals surface area contributed by atoms with Gasteiger partial charge in [-0.2, -0.15) is 0 Å². The van der Waals surface area contributed by atoms with Gasteiger partial charge in [-0.3, -0.25) is 14.9 Å². The van der Waals surface area contributed by atoms with Crippen LogP contribution in [-0.4, -0.2) is 10.9 Å². The number of non-ortho nitro benzene ring substituents is 1. The summed E-state index contributed by atoms with van der Waals surface area (Å²) in [5.74, 6) is -0.330. The number of carbonyl (C=O) groups excluding carboxylic acids is 1. The molecule has 3 aromatic carbocycles. The monoisotopic (exact) mass is 321 g/mol. The average molecular weight is 321 g/mol. The molecule has 0 radical (unpaired) electrons. The molecule has 0 aromatic heterocycles. The van der Waals surface area contributed by atoms with Crippen LogP contribution in [0.5, 0.6) is 0 Å². The zero-order valence-corrected chi connectivity index (χ0v) is 12.8. The van der Waals surface area contributed by atoms with E-state index in [0.717, 1.165) is 16.3 Å². The number of benzene rings is 3. The van der Waals surface area contributed by atoms with Crippen LogP contribution in [0.1, 0.15) is 11.1 Å². The first kappa shape index (κ1) is 15.7. The minimum Gasteiger partial charge on any atom is -0.461 e. The molecule has 120 valence electrons. The number of carbonyl (C=O) groups is 1. The Labute approximate surface area is 138 Å². The SMILES string of the molecule is O=C(Cc1ccc2ccccc2c1)OCc1ccc([N+](=O)[O-])cc1. The molecule has 0 aliphatic rings. The summed E-state index contributed by atoms with van der Waals surface area (Å²) in [6.45, 7) is 0.102. The summed E-state index contributed by atoms with van der Waals surface area (Å²) >= 11 is 0. The Morgan fingerprint density at radius 1 is 0.917 bits per heavy atom. The topological polar surface area (TPSA) is 69.4 Å². The molecule has 0 unspecified atom stereocenters. The summed E-state index contributed by atoms with van der Waals surface area (Å²) < 4.78 is 5.24. The Morgan fingerprint density at radius 2 is 1.58 bits per heavy atom. The molecule has 0 saturated heterocycles. The van der Waals surface area contributed by atoms with E-state index in [2.05, 4.69) is 0 Å². The summed E-state index contributed by atoms with van der Waals surface area (Å²) in [5, 5.41) is 12.8. The van der Waals surface area contributed by atoms with Gasteiger partial charge in [0.2, 0.25) is 0 Å². The zero-order chi connectivity index (χ0) is 16.9. The van der Waals surface area contributed by atoms with E-state index in [4.69, 9.17) is 4.74 Å². The molecule has 0 fully saturated rings. The van der Waals surface area contributed by atoms with E-state index in [1.807, 2.05) is 42.5 Å². The van der Waals surface area contributed by atoms with E-state index in [9.17, 15) is 14.9 Å². The van der Waals surface area contributed by atoms with Crippen molar-refractivity contribution in [3.63, 3.8) is 0 Å². The third kappa shape index (κ3) is 3.76. The molecular formula is C19H15NO4. The van der Waals surface area contributed by atoms with Crippen LogP contribution in [0.2, 0.25) is 0 Å². The smallest absolute Gasteiger partial charge is 0.310 e. The van der Waals surface area contributed by atoms with E-state index < -0.39 is 4.92 Å². The Balaban J connectivity index is 1.59. The van der Waals surface area contributed by atoms with Crippen LogP contribution >= 0.6 is 0 Å². The van der Waals surface area contributed by atoms with Crippen molar-refractivity contribution in [3.05, 3.63) is 88.0 Å². The normalized spacial score (nSPS) is 10.5. The van der Waals surface area contributed by atoms with Crippen LogP contribution in [0, 0.1) is 10.1 Å². The van der Waals surface area contributed by atoms with Crippen LogP contribution < -0.4 is 0 Å². The highest BCUT2D eigenvalue weighted by Gasteiger charge is 2.08. The van der Waals surface area contributed by atoms with Gasteiger partial charge in [-0.1, -0.05) is 42.5 Å². The van der Waals surface area contributed by atoms with E-state index in [-0.39, 0.29) is 24.7 Å². The lowest BCUT2D eigenvalue weighted by atomic mass is 10.1. The lowest BCUT2D eigenvalue weighted by molar-refractivity contribution is -0.384. The number of nitro benzene ring substituents is 1. The third-order valence-corrected chi connectivity index (χ3v) is 3.71. The fraction of sp³-hybridized carbons (Fsp3) is 0.105. The number of fused-ring (bicyclic) bond motifs is 1. The Morgan fingerprint density at radius 3 is 2.29 bits per heavy atom. The van der Waals surface area contributed by atoms with E-state index in [1.54, 1.807) is 12.1 Å². The highest BCUT2D eigenvalue weighted by Crippen LogP contribution is 2.17. The van der Waals surface area contributed by atoms with Gasteiger partial charge in [-0.15, -0.1) is 0 Å². The zero-order valence-electron chi connectivity index (χ0n) is 12.8. The Hall–Kier alpha value is -3.21. The molecular weight excluding hydrogens is 306 g/mol. The molecule has 0 saturated carbocycles. The van der Waals surface area contributed by atoms with Gasteiger partial charge in [0.15, 0.2) is 0 Å². The summed E-state index contributed by atoms with van der Waals surface area (Å²) in [4.78, 5) is 22.1. The minimum atomic E-state index is -0.463. The van der Waals surface area contributed by atoms with Crippen molar-refractivity contribution in [1.29, 1.82) is 0 Å². The maximum Gasteiger partial charge on any atom is 0.310 e. The van der Waals surface area contributed by atoms with Gasteiger partial charge in [0.1, 0.15) is 6.61 Å². The summed E-state index contributed by atoms with van der Waals surface area (Å²) in [7, 11) is 0. The second-order valence-electron chi connectivity index (χ2n) is 5.44. The molecule has 0 aliphatic heterocycles. The molecule has 0 aliphatic carbocycles. The van der Waals surface area contributed by atoms with E-state index >= 15 is 0 Å². The first-order valence-electron chi connectivity index (χ1n) is 7.48. The molecule has 3 aromatic rings. The molecule has 0 bridgehead atoms. The maximum absolute atomic E-state index is 12.0. The van der Waals surface area contributed by atoms with Gasteiger partial charge < -0.3 is 4.74 Å². The maximum atomic E-state index is 12.0. The van der Waals surface area contributed by atoms with Gasteiger partial charge >= 0.3 is 5.97 Å². The second-order valence-corrected chi connectivity index (χ2v) is 5.44. The van der Waals surface area contributed by atoms with Crippen molar-refractivity contribution in [3.8, 4) is 0 Å². The first-order chi connectivity index (χ1) is 11.6. The molecule has 0 heterocycles. The summed E-state index contributed by atoms with van der Waals surface area (Å²) in [6, 6.07) is 19.8. The lowest BCUT2D eigenvalue weighted by Crippen LogP contribution is -2.08. The predicted octanol–water partition coefficient (Wildman–Crippen LogP) is 4.03. The van der Waals surface area contributed by atoms with Crippen molar-refractivity contribution in [2.45, 2.75) is 13.0 Å². The molecule has 3 rings (SSSR count). The summed E-state index contributed by atoms with van der Waals surface area (Å²) in [5.41, 5.74) is 1.62. The lowest BCUT2D eigenvalue weighted by Gasteiger charge is -2.06. The quantitative estimate of drug-likeness (QED) is 0.404. The number of esters is 1. The van der Waals surface area contributed by atoms with Crippen LogP contribution in [0.25, 0.3) is 10.8 Å². The molecule has 0 spiro atoms. The van der Waals surface area contributed by atoms with Crippen molar-refractivity contribution in [2.75, 3.05) is 0 Å². The standard InChI is InChI=1S/C19H15NO4/c21-19(24-13-14-6-9-18(10-7-14)20(22)23)12-15-5-8-16-3-1-2-4-17(16)11-15/h1-11H,12-13H2. The van der Waals surface area contributed by atoms with E-state index in [1.165, 1.54) is 12.1 Å². The number of hydrogen-bond acceptors (Lipinski definition) is 4. The van der Waals surface area contributed by atoms with Crippen molar-refractivity contribution < 1.29 is 14.5 Å². The van der Waals surface area contributed by atoms with Crippen LogP contribution in [0.4, 0.5) is 5.69 Å². The van der Waals surface area contributed by atoms with Gasteiger partial charge in [-0.25, -0.2) is 0 Å². The van der Waals surface area contributed by atoms with Gasteiger partial charge in [0.05, 0.1) is 11.3 Å². The van der Waals surface area contributed by atoms with Crippen LogP contribution in [0.15, 0.2) is 66.7 Å². The summed E-state index contributed by atoms with van der Waals surface area (Å²) in [6.07, 6.45) is 0.192. The Kier molecular flexibility index (Phi) is 4.52. The van der Waals surface area contributed by atoms with Crippen LogP contribution in [-0.2, 0) is 22.6 Å². The third-order valence-electron chi connectivity index (χ3n) is 3.71. The fourth-order valence-corrected chi connectivity index (χ4v) is 2.44. The molecule has 0 amide bonds. The van der Waals surface area contributed by atoms with Crippen molar-refractivity contribution in [2.24, 2.45) is 0 Å². The molecule has 5 heteroatoms.